The molecule has 2 rings (SSSR count). The van der Waals surface area contributed by atoms with E-state index in [2.05, 4.69) is 5.32 Å². The fraction of sp³-hybridized carbons (Fsp3) is 0.133. The number of nitrogens with one attached hydrogen (secondary N) is 1. The maximum absolute atomic E-state index is 12.0. The summed E-state index contributed by atoms with van der Waals surface area (Å²) in [7, 11) is 1.52. The lowest BCUT2D eigenvalue weighted by Gasteiger charge is -2.10. The Morgan fingerprint density at radius 3 is 2.80 bits per heavy atom. The summed E-state index contributed by atoms with van der Waals surface area (Å²) in [6, 6.07) is 11.6. The highest BCUT2D eigenvalue weighted by molar-refractivity contribution is 6.31. The van der Waals surface area contributed by atoms with E-state index in [9.17, 15) is 9.90 Å². The number of phenols is 1. The van der Waals surface area contributed by atoms with Gasteiger partial charge < -0.3 is 15.2 Å². The fourth-order valence-electron chi connectivity index (χ4n) is 1.82. The van der Waals surface area contributed by atoms with Crippen molar-refractivity contribution < 1.29 is 14.6 Å². The zero-order valence-corrected chi connectivity index (χ0v) is 11.6. The Morgan fingerprint density at radius 2 is 2.10 bits per heavy atom. The highest BCUT2D eigenvalue weighted by Crippen LogP contribution is 2.27. The van der Waals surface area contributed by atoms with Gasteiger partial charge in [-0.2, -0.15) is 0 Å². The second-order valence-corrected chi connectivity index (χ2v) is 4.68. The van der Waals surface area contributed by atoms with Crippen LogP contribution in [0.1, 0.15) is 5.56 Å². The van der Waals surface area contributed by atoms with Crippen LogP contribution in [0.5, 0.6) is 11.5 Å². The maximum Gasteiger partial charge on any atom is 0.228 e. The number of carbonyl (C=O) groups is 1. The van der Waals surface area contributed by atoms with Crippen molar-refractivity contribution in [3.05, 3.63) is 53.1 Å². The van der Waals surface area contributed by atoms with Gasteiger partial charge in [0.15, 0.2) is 0 Å². The first-order valence-corrected chi connectivity index (χ1v) is 6.37. The molecule has 2 aromatic rings. The van der Waals surface area contributed by atoms with E-state index in [-0.39, 0.29) is 18.1 Å². The molecule has 0 unspecified atom stereocenters. The van der Waals surface area contributed by atoms with Crippen LogP contribution in [0, 0.1) is 0 Å². The van der Waals surface area contributed by atoms with E-state index in [1.54, 1.807) is 42.5 Å². The minimum Gasteiger partial charge on any atom is -0.508 e. The van der Waals surface area contributed by atoms with Crippen molar-refractivity contribution in [2.24, 2.45) is 0 Å². The summed E-state index contributed by atoms with van der Waals surface area (Å²) in [6.45, 7) is 0. The van der Waals surface area contributed by atoms with Crippen molar-refractivity contribution in [3.8, 4) is 11.5 Å². The van der Waals surface area contributed by atoms with Crippen LogP contribution >= 0.6 is 11.6 Å². The quantitative estimate of drug-likeness (QED) is 0.909. The highest BCUT2D eigenvalue weighted by atomic mass is 35.5. The number of benzene rings is 2. The number of ether oxygens (including phenoxy) is 1. The number of amides is 1. The second kappa shape index (κ2) is 6.30. The molecule has 0 aliphatic carbocycles. The topological polar surface area (TPSA) is 58.6 Å². The van der Waals surface area contributed by atoms with Crippen molar-refractivity contribution in [1.82, 2.24) is 0 Å². The number of carbonyl (C=O) groups excluding carboxylic acids is 1. The van der Waals surface area contributed by atoms with Crippen LogP contribution in [-0.2, 0) is 11.2 Å². The van der Waals surface area contributed by atoms with Gasteiger partial charge in [0, 0.05) is 5.02 Å². The third kappa shape index (κ3) is 3.65. The summed E-state index contributed by atoms with van der Waals surface area (Å²) in [5.41, 5.74) is 1.24. The van der Waals surface area contributed by atoms with Crippen molar-refractivity contribution in [2.45, 2.75) is 6.42 Å². The lowest BCUT2D eigenvalue weighted by atomic mass is 10.1. The maximum atomic E-state index is 12.0. The van der Waals surface area contributed by atoms with Gasteiger partial charge in [-0.1, -0.05) is 23.7 Å². The van der Waals surface area contributed by atoms with Crippen molar-refractivity contribution in [3.63, 3.8) is 0 Å². The molecule has 0 heterocycles. The molecule has 0 radical (unpaired) electrons. The standard InChI is InChI=1S/C15H14ClNO3/c1-20-14-6-5-11(16)9-13(14)17-15(19)8-10-3-2-4-12(18)7-10/h2-7,9,18H,8H2,1H3,(H,17,19). The molecule has 0 spiro atoms. The number of aromatic hydroxyl groups is 1. The van der Waals surface area contributed by atoms with Crippen LogP contribution in [0.4, 0.5) is 5.69 Å². The molecule has 2 N–H and O–H groups in total. The Morgan fingerprint density at radius 1 is 1.30 bits per heavy atom. The van der Waals surface area contributed by atoms with Crippen LogP contribution in [0.3, 0.4) is 0 Å². The number of hydrogen-bond donors (Lipinski definition) is 2. The molecule has 0 aliphatic heterocycles. The highest BCUT2D eigenvalue weighted by Gasteiger charge is 2.09. The smallest absolute Gasteiger partial charge is 0.228 e. The summed E-state index contributed by atoms with van der Waals surface area (Å²) in [5, 5.41) is 12.6. The average molecular weight is 292 g/mol. The van der Waals surface area contributed by atoms with E-state index >= 15 is 0 Å². The first-order chi connectivity index (χ1) is 9.58. The van der Waals surface area contributed by atoms with Gasteiger partial charge in [0.05, 0.1) is 19.2 Å². The lowest BCUT2D eigenvalue weighted by molar-refractivity contribution is -0.115. The van der Waals surface area contributed by atoms with Gasteiger partial charge in [-0.05, 0) is 35.9 Å². The predicted octanol–water partition coefficient (Wildman–Crippen LogP) is 3.24. The molecule has 0 saturated carbocycles. The van der Waals surface area contributed by atoms with E-state index < -0.39 is 0 Å². The van der Waals surface area contributed by atoms with Gasteiger partial charge in [-0.25, -0.2) is 0 Å². The Labute approximate surface area is 122 Å². The molecule has 104 valence electrons. The average Bonchev–Trinajstić information content (AvgIpc) is 2.38. The molecule has 2 aromatic carbocycles. The lowest BCUT2D eigenvalue weighted by Crippen LogP contribution is -2.15. The second-order valence-electron chi connectivity index (χ2n) is 4.24. The van der Waals surface area contributed by atoms with Crippen LogP contribution in [0.2, 0.25) is 5.02 Å². The monoisotopic (exact) mass is 291 g/mol. The fourth-order valence-corrected chi connectivity index (χ4v) is 2.00. The number of halogens is 1. The molecular weight excluding hydrogens is 278 g/mol. The van der Waals surface area contributed by atoms with Crippen LogP contribution in [0.15, 0.2) is 42.5 Å². The van der Waals surface area contributed by atoms with Gasteiger partial charge in [-0.15, -0.1) is 0 Å². The molecule has 1 amide bonds. The minimum absolute atomic E-state index is 0.135. The third-order valence-electron chi connectivity index (χ3n) is 2.71. The Kier molecular flexibility index (Phi) is 4.48. The van der Waals surface area contributed by atoms with E-state index in [1.807, 2.05) is 0 Å². The molecule has 0 aliphatic rings. The summed E-state index contributed by atoms with van der Waals surface area (Å²) < 4.78 is 5.16. The Balaban J connectivity index is 2.10. The zero-order valence-electron chi connectivity index (χ0n) is 10.9. The van der Waals surface area contributed by atoms with Gasteiger partial charge in [-0.3, -0.25) is 4.79 Å². The van der Waals surface area contributed by atoms with Crippen molar-refractivity contribution in [2.75, 3.05) is 12.4 Å². The molecule has 0 atom stereocenters. The van der Waals surface area contributed by atoms with E-state index in [0.29, 0.717) is 16.5 Å². The van der Waals surface area contributed by atoms with Crippen molar-refractivity contribution >= 4 is 23.2 Å². The summed E-state index contributed by atoms with van der Waals surface area (Å²) >= 11 is 5.90. The van der Waals surface area contributed by atoms with Crippen LogP contribution < -0.4 is 10.1 Å². The number of anilines is 1. The number of hydrogen-bond acceptors (Lipinski definition) is 3. The number of methoxy groups -OCH3 is 1. The first-order valence-electron chi connectivity index (χ1n) is 6.00. The normalized spacial score (nSPS) is 10.1. The molecule has 0 aromatic heterocycles. The van der Waals surface area contributed by atoms with Gasteiger partial charge in [0.2, 0.25) is 5.91 Å². The minimum atomic E-state index is -0.212. The summed E-state index contributed by atoms with van der Waals surface area (Å²) in [4.78, 5) is 12.0. The molecule has 0 bridgehead atoms. The van der Waals surface area contributed by atoms with E-state index in [1.165, 1.54) is 7.11 Å². The number of rotatable bonds is 4. The van der Waals surface area contributed by atoms with E-state index in [4.69, 9.17) is 16.3 Å². The summed E-state index contributed by atoms with van der Waals surface area (Å²) in [5.74, 6) is 0.463. The van der Waals surface area contributed by atoms with E-state index in [0.717, 1.165) is 5.56 Å². The first kappa shape index (κ1) is 14.2. The molecule has 5 heteroatoms. The Bertz CT molecular complexity index is 628. The van der Waals surface area contributed by atoms with Crippen molar-refractivity contribution in [1.29, 1.82) is 0 Å². The molecule has 0 saturated heterocycles. The molecular formula is C15H14ClNO3. The van der Waals surface area contributed by atoms with Gasteiger partial charge in [0.25, 0.3) is 0 Å². The van der Waals surface area contributed by atoms with Gasteiger partial charge >= 0.3 is 0 Å². The third-order valence-corrected chi connectivity index (χ3v) is 2.95. The van der Waals surface area contributed by atoms with Gasteiger partial charge in [0.1, 0.15) is 11.5 Å². The SMILES string of the molecule is COc1ccc(Cl)cc1NC(=O)Cc1cccc(O)c1. The molecule has 20 heavy (non-hydrogen) atoms. The number of phenolic OH excluding ortho intramolecular Hbond substituents is 1. The summed E-state index contributed by atoms with van der Waals surface area (Å²) in [6.07, 6.45) is 0.157. The van der Waals surface area contributed by atoms with Crippen LogP contribution in [0.25, 0.3) is 0 Å². The predicted molar refractivity (Wildman–Crippen MR) is 78.4 cm³/mol. The molecule has 0 fully saturated rings. The van der Waals surface area contributed by atoms with Crippen LogP contribution in [-0.4, -0.2) is 18.1 Å². The Hall–Kier alpha value is -2.20. The zero-order chi connectivity index (χ0) is 14.5. The molecule has 4 nitrogen and oxygen atoms in total. The largest absolute Gasteiger partial charge is 0.508 e.